The summed E-state index contributed by atoms with van der Waals surface area (Å²) in [6.07, 6.45) is 8.08. The molecule has 2 atom stereocenters. The monoisotopic (exact) mass is 670 g/mol. The lowest BCUT2D eigenvalue weighted by molar-refractivity contribution is 0.0584. The summed E-state index contributed by atoms with van der Waals surface area (Å²) in [5.74, 6) is 0. The number of thioether (sulfide) groups is 1. The van der Waals surface area contributed by atoms with Crippen molar-refractivity contribution in [3.8, 4) is 0 Å². The van der Waals surface area contributed by atoms with Crippen LogP contribution in [0.3, 0.4) is 0 Å². The van der Waals surface area contributed by atoms with Crippen LogP contribution in [0.5, 0.6) is 0 Å². The highest BCUT2D eigenvalue weighted by Crippen LogP contribution is 2.39. The van der Waals surface area contributed by atoms with Crippen molar-refractivity contribution >= 4 is 45.5 Å². The summed E-state index contributed by atoms with van der Waals surface area (Å²) in [7, 11) is -8.45. The smallest absolute Gasteiger partial charge is 0.373 e. The Labute approximate surface area is 264 Å². The predicted octanol–water partition coefficient (Wildman–Crippen LogP) is 9.43. The van der Waals surface area contributed by atoms with Crippen LogP contribution in [0.2, 0.25) is 51.4 Å². The van der Waals surface area contributed by atoms with Gasteiger partial charge in [-0.3, -0.25) is 0 Å². The van der Waals surface area contributed by atoms with Crippen LogP contribution < -0.4 is 0 Å². The molecule has 0 spiro atoms. The Balaban J connectivity index is 6.02. The second kappa shape index (κ2) is 22.5. The van der Waals surface area contributed by atoms with E-state index in [1.807, 2.05) is 0 Å². The predicted molar refractivity (Wildman–Crippen MR) is 190 cm³/mol. The molecule has 2 unspecified atom stereocenters. The molecule has 0 heterocycles. The van der Waals surface area contributed by atoms with Crippen molar-refractivity contribution in [2.75, 3.05) is 39.6 Å². The Kier molecular flexibility index (Phi) is 23.0. The maximum Gasteiger partial charge on any atom is 0.500 e. The molecule has 0 saturated heterocycles. The summed E-state index contributed by atoms with van der Waals surface area (Å²) in [4.78, 5) is 1.21. The summed E-state index contributed by atoms with van der Waals surface area (Å²) < 4.78 is 38.9. The Hall–Kier alpha value is 0.978. The van der Waals surface area contributed by atoms with Crippen LogP contribution >= 0.6 is 11.8 Å². The summed E-state index contributed by atoms with van der Waals surface area (Å²) in [5.41, 5.74) is 0. The second-order valence-corrected chi connectivity index (χ2v) is 31.9. The van der Waals surface area contributed by atoms with Gasteiger partial charge in [0.1, 0.15) is 0 Å². The molecule has 0 aromatic rings. The lowest BCUT2D eigenvalue weighted by Gasteiger charge is -2.39. The van der Waals surface area contributed by atoms with Crippen LogP contribution in [-0.4, -0.2) is 83.1 Å². The van der Waals surface area contributed by atoms with Crippen LogP contribution in [0.4, 0.5) is 0 Å². The van der Waals surface area contributed by atoms with E-state index in [0.717, 1.165) is 63.5 Å². The molecule has 0 saturated carbocycles. The van der Waals surface area contributed by atoms with Gasteiger partial charge >= 0.3 is 17.6 Å². The van der Waals surface area contributed by atoms with E-state index >= 15 is 0 Å². The maximum atomic E-state index is 6.49. The van der Waals surface area contributed by atoms with Gasteiger partial charge in [-0.05, 0) is 61.1 Å². The lowest BCUT2D eigenvalue weighted by Crippen LogP contribution is -2.50. The molecule has 6 nitrogen and oxygen atoms in total. The molecule has 0 aliphatic carbocycles. The standard InChI is InChI=1S/C30H70O6SSi4/c1-13-21-31-40(32-22-14-2,33-23-15-3)27-19-29(38(7,8)9)37-30(39(10,11)12)20-28-41(34-24-16-4,35-25-17-5)36-26-18-6/h29-30H,13-28H2,1-12H3. The Bertz CT molecular complexity index is 538. The van der Waals surface area contributed by atoms with Crippen LogP contribution in [-0.2, 0) is 26.6 Å². The van der Waals surface area contributed by atoms with Gasteiger partial charge in [0.05, 0.1) is 16.1 Å². The van der Waals surface area contributed by atoms with E-state index in [1.165, 1.54) is 0 Å². The number of hydrogen-bond acceptors (Lipinski definition) is 7. The second-order valence-electron chi connectivity index (χ2n) is 13.4. The SMILES string of the molecule is CCCO[Si](CCC(SC(CC[Si](OCCC)(OCCC)OCCC)[Si](C)(C)C)[Si](C)(C)C)(OCCC)OCCC. The van der Waals surface area contributed by atoms with Gasteiger partial charge in [-0.2, -0.15) is 11.8 Å². The van der Waals surface area contributed by atoms with Gasteiger partial charge < -0.3 is 26.6 Å². The number of rotatable bonds is 28. The highest BCUT2D eigenvalue weighted by atomic mass is 32.2. The normalized spacial score (nSPS) is 14.9. The van der Waals surface area contributed by atoms with Crippen molar-refractivity contribution in [3.05, 3.63) is 0 Å². The van der Waals surface area contributed by atoms with E-state index < -0.39 is 33.8 Å². The zero-order valence-electron chi connectivity index (χ0n) is 29.3. The van der Waals surface area contributed by atoms with Gasteiger partial charge in [0, 0.05) is 51.7 Å². The van der Waals surface area contributed by atoms with Crippen molar-refractivity contribution in [1.29, 1.82) is 0 Å². The largest absolute Gasteiger partial charge is 0.500 e. The van der Waals surface area contributed by atoms with E-state index in [-0.39, 0.29) is 0 Å². The average molecular weight is 671 g/mol. The van der Waals surface area contributed by atoms with E-state index in [2.05, 4.69) is 92.6 Å². The zero-order valence-corrected chi connectivity index (χ0v) is 34.1. The van der Waals surface area contributed by atoms with E-state index in [9.17, 15) is 0 Å². The third-order valence-electron chi connectivity index (χ3n) is 6.84. The molecule has 0 fully saturated rings. The molecule has 11 heteroatoms. The Morgan fingerprint density at radius 3 is 0.805 bits per heavy atom. The van der Waals surface area contributed by atoms with Crippen molar-refractivity contribution in [2.24, 2.45) is 0 Å². The molecule has 0 aromatic heterocycles. The first-order valence-corrected chi connectivity index (χ1v) is 28.7. The molecule has 0 amide bonds. The molecular weight excluding hydrogens is 601 g/mol. The highest BCUT2D eigenvalue weighted by Gasteiger charge is 2.46. The molecule has 248 valence electrons. The van der Waals surface area contributed by atoms with Crippen LogP contribution in [0.1, 0.15) is 92.9 Å². The van der Waals surface area contributed by atoms with Gasteiger partial charge in [-0.15, -0.1) is 0 Å². The third-order valence-corrected chi connectivity index (χ3v) is 23.1. The fraction of sp³-hybridized carbons (Fsp3) is 1.00. The first-order chi connectivity index (χ1) is 19.3. The van der Waals surface area contributed by atoms with Crippen molar-refractivity contribution in [1.82, 2.24) is 0 Å². The summed E-state index contributed by atoms with van der Waals surface area (Å²) >= 11 is 2.26. The number of hydrogen-bond donors (Lipinski definition) is 0. The molecule has 0 N–H and O–H groups in total. The summed E-state index contributed by atoms with van der Waals surface area (Å²) in [6, 6.07) is 1.82. The molecule has 0 rings (SSSR count). The van der Waals surface area contributed by atoms with Crippen molar-refractivity contribution < 1.29 is 26.6 Å². The fourth-order valence-electron chi connectivity index (χ4n) is 4.45. The molecule has 41 heavy (non-hydrogen) atoms. The van der Waals surface area contributed by atoms with Crippen LogP contribution in [0, 0.1) is 0 Å². The summed E-state index contributed by atoms with van der Waals surface area (Å²) in [6.45, 7) is 32.4. The highest BCUT2D eigenvalue weighted by molar-refractivity contribution is 8.03. The summed E-state index contributed by atoms with van der Waals surface area (Å²) in [5, 5.41) is 0. The molecule has 0 aliphatic heterocycles. The van der Waals surface area contributed by atoms with Crippen LogP contribution in [0.25, 0.3) is 0 Å². The Morgan fingerprint density at radius 1 is 0.415 bits per heavy atom. The molecule has 0 bridgehead atoms. The minimum Gasteiger partial charge on any atom is -0.373 e. The quantitative estimate of drug-likeness (QED) is 0.0769. The topological polar surface area (TPSA) is 55.4 Å². The van der Waals surface area contributed by atoms with Crippen LogP contribution in [0.15, 0.2) is 0 Å². The van der Waals surface area contributed by atoms with Gasteiger partial charge in [0.2, 0.25) is 0 Å². The zero-order chi connectivity index (χ0) is 31.4. The maximum absolute atomic E-state index is 6.49. The van der Waals surface area contributed by atoms with Crippen molar-refractivity contribution in [2.45, 2.75) is 154 Å². The van der Waals surface area contributed by atoms with Crippen molar-refractivity contribution in [3.63, 3.8) is 0 Å². The minimum atomic E-state index is -2.72. The third kappa shape index (κ3) is 17.9. The first-order valence-electron chi connectivity index (χ1n) is 16.8. The molecule has 0 aromatic carbocycles. The fourth-order valence-corrected chi connectivity index (χ4v) is 18.8. The van der Waals surface area contributed by atoms with Gasteiger partial charge in [-0.1, -0.05) is 80.8 Å². The molecular formula is C30H70O6SSi4. The average Bonchev–Trinajstić information content (AvgIpc) is 2.92. The lowest BCUT2D eigenvalue weighted by atomic mass is 10.5. The minimum absolute atomic E-state index is 0.604. The van der Waals surface area contributed by atoms with E-state index in [1.54, 1.807) is 0 Å². The van der Waals surface area contributed by atoms with E-state index in [4.69, 9.17) is 26.6 Å². The first kappa shape index (κ1) is 42.0. The van der Waals surface area contributed by atoms with Gasteiger partial charge in [0.15, 0.2) is 0 Å². The van der Waals surface area contributed by atoms with Gasteiger partial charge in [-0.25, -0.2) is 0 Å². The molecule has 0 radical (unpaired) electrons. The van der Waals surface area contributed by atoms with E-state index in [0.29, 0.717) is 49.4 Å². The molecule has 0 aliphatic rings. The van der Waals surface area contributed by atoms with Gasteiger partial charge in [0.25, 0.3) is 0 Å². The Morgan fingerprint density at radius 2 is 0.634 bits per heavy atom.